The maximum atomic E-state index is 13.5. The molecule has 0 atom stereocenters. The van der Waals surface area contributed by atoms with Gasteiger partial charge in [0.2, 0.25) is 0 Å². The average molecular weight is 242 g/mol. The third kappa shape index (κ3) is 1.91. The first-order valence-electron chi connectivity index (χ1n) is 4.07. The Morgan fingerprint density at radius 1 is 1.47 bits per heavy atom. The van der Waals surface area contributed by atoms with E-state index in [9.17, 15) is 9.18 Å². The number of carbonyl (C=O) groups is 1. The molecule has 15 heavy (non-hydrogen) atoms. The summed E-state index contributed by atoms with van der Waals surface area (Å²) in [6, 6.07) is 4.69. The molecule has 0 fully saturated rings. The Morgan fingerprint density at radius 2 is 2.27 bits per heavy atom. The van der Waals surface area contributed by atoms with Gasteiger partial charge in [-0.15, -0.1) is 11.3 Å². The first kappa shape index (κ1) is 10.3. The Kier molecular flexibility index (Phi) is 2.79. The summed E-state index contributed by atoms with van der Waals surface area (Å²) < 4.78 is 13.5. The van der Waals surface area contributed by atoms with Crippen LogP contribution in [0.5, 0.6) is 0 Å². The van der Waals surface area contributed by atoms with Gasteiger partial charge in [0.05, 0.1) is 5.02 Å². The number of thiazole rings is 1. The van der Waals surface area contributed by atoms with Crippen molar-refractivity contribution in [3.05, 3.63) is 40.1 Å². The highest BCUT2D eigenvalue weighted by atomic mass is 35.5. The van der Waals surface area contributed by atoms with E-state index >= 15 is 0 Å². The third-order valence-corrected chi connectivity index (χ3v) is 3.01. The number of benzene rings is 1. The lowest BCUT2D eigenvalue weighted by Crippen LogP contribution is -1.85. The number of hydrogen-bond acceptors (Lipinski definition) is 3. The summed E-state index contributed by atoms with van der Waals surface area (Å²) in [5, 5.41) is 2.08. The van der Waals surface area contributed by atoms with E-state index in [1.165, 1.54) is 17.4 Å². The molecule has 0 aliphatic rings. The summed E-state index contributed by atoms with van der Waals surface area (Å²) in [6.45, 7) is 0. The maximum absolute atomic E-state index is 13.5. The van der Waals surface area contributed by atoms with Crippen molar-refractivity contribution >= 4 is 29.2 Å². The minimum atomic E-state index is -0.508. The molecule has 2 aromatic rings. The number of halogens is 2. The smallest absolute Gasteiger partial charge is 0.169 e. The van der Waals surface area contributed by atoms with Crippen LogP contribution in [0.15, 0.2) is 23.6 Å². The normalized spacial score (nSPS) is 10.3. The summed E-state index contributed by atoms with van der Waals surface area (Å²) in [7, 11) is 0. The zero-order valence-corrected chi connectivity index (χ0v) is 8.98. The molecule has 0 N–H and O–H groups in total. The van der Waals surface area contributed by atoms with Crippen LogP contribution in [0.25, 0.3) is 10.6 Å². The van der Waals surface area contributed by atoms with Crippen LogP contribution in [0.4, 0.5) is 4.39 Å². The summed E-state index contributed by atoms with van der Waals surface area (Å²) in [4.78, 5) is 14.4. The molecule has 0 bridgehead atoms. The Morgan fingerprint density at radius 3 is 2.93 bits per heavy atom. The number of rotatable bonds is 2. The van der Waals surface area contributed by atoms with Gasteiger partial charge < -0.3 is 0 Å². The van der Waals surface area contributed by atoms with Crippen LogP contribution in [-0.4, -0.2) is 11.3 Å². The van der Waals surface area contributed by atoms with Gasteiger partial charge in [-0.2, -0.15) is 0 Å². The molecular formula is C10H5ClFNOS. The van der Waals surface area contributed by atoms with E-state index in [4.69, 9.17) is 11.6 Å². The Bertz CT molecular complexity index is 512. The Hall–Kier alpha value is -1.26. The summed E-state index contributed by atoms with van der Waals surface area (Å²) >= 11 is 6.85. The van der Waals surface area contributed by atoms with Crippen LogP contribution in [0.3, 0.4) is 0 Å². The second-order valence-corrected chi connectivity index (χ2v) is 4.06. The predicted molar refractivity (Wildman–Crippen MR) is 57.9 cm³/mol. The average Bonchev–Trinajstić information content (AvgIpc) is 2.70. The fourth-order valence-electron chi connectivity index (χ4n) is 1.13. The topological polar surface area (TPSA) is 30.0 Å². The van der Waals surface area contributed by atoms with Crippen molar-refractivity contribution in [2.75, 3.05) is 0 Å². The van der Waals surface area contributed by atoms with Crippen molar-refractivity contribution in [3.8, 4) is 10.6 Å². The standard InChI is InChI=1S/C10H5ClFNOS/c11-8-3-1-2-7(9(8)12)10-13-6(4-14)5-15-10/h1-5H. The SMILES string of the molecule is O=Cc1csc(-c2cccc(Cl)c2F)n1. The highest BCUT2D eigenvalue weighted by Gasteiger charge is 2.11. The molecule has 0 saturated carbocycles. The van der Waals surface area contributed by atoms with E-state index in [-0.39, 0.29) is 5.02 Å². The van der Waals surface area contributed by atoms with Gasteiger partial charge in [0.1, 0.15) is 10.7 Å². The number of aldehydes is 1. The maximum Gasteiger partial charge on any atom is 0.169 e. The van der Waals surface area contributed by atoms with E-state index in [0.717, 1.165) is 0 Å². The van der Waals surface area contributed by atoms with Crippen molar-refractivity contribution < 1.29 is 9.18 Å². The van der Waals surface area contributed by atoms with E-state index < -0.39 is 5.82 Å². The molecule has 1 heterocycles. The molecule has 0 saturated heterocycles. The summed E-state index contributed by atoms with van der Waals surface area (Å²) in [6.07, 6.45) is 0.627. The minimum Gasteiger partial charge on any atom is -0.296 e. The van der Waals surface area contributed by atoms with Crippen molar-refractivity contribution in [2.24, 2.45) is 0 Å². The van der Waals surface area contributed by atoms with Crippen LogP contribution >= 0.6 is 22.9 Å². The van der Waals surface area contributed by atoms with Crippen LogP contribution in [0, 0.1) is 5.82 Å². The van der Waals surface area contributed by atoms with Gasteiger partial charge in [-0.05, 0) is 12.1 Å². The number of nitrogens with zero attached hydrogens (tertiary/aromatic N) is 1. The monoisotopic (exact) mass is 241 g/mol. The van der Waals surface area contributed by atoms with E-state index in [0.29, 0.717) is 22.6 Å². The molecule has 0 radical (unpaired) electrons. The molecule has 0 amide bonds. The molecule has 2 nitrogen and oxygen atoms in total. The molecule has 1 aromatic carbocycles. The first-order chi connectivity index (χ1) is 7.22. The van der Waals surface area contributed by atoms with E-state index in [1.54, 1.807) is 17.5 Å². The molecule has 0 unspecified atom stereocenters. The minimum absolute atomic E-state index is 0.0513. The second kappa shape index (κ2) is 4.08. The Balaban J connectivity index is 2.53. The highest BCUT2D eigenvalue weighted by molar-refractivity contribution is 7.13. The van der Waals surface area contributed by atoms with E-state index in [1.807, 2.05) is 0 Å². The van der Waals surface area contributed by atoms with Gasteiger partial charge in [-0.3, -0.25) is 4.79 Å². The van der Waals surface area contributed by atoms with Crippen LogP contribution in [0.1, 0.15) is 10.5 Å². The van der Waals surface area contributed by atoms with Crippen molar-refractivity contribution in [2.45, 2.75) is 0 Å². The molecule has 76 valence electrons. The molecule has 2 rings (SSSR count). The van der Waals surface area contributed by atoms with Gasteiger partial charge in [0, 0.05) is 10.9 Å². The van der Waals surface area contributed by atoms with Gasteiger partial charge in [0.25, 0.3) is 0 Å². The molecule has 0 spiro atoms. The lowest BCUT2D eigenvalue weighted by Gasteiger charge is -1.99. The highest BCUT2D eigenvalue weighted by Crippen LogP contribution is 2.29. The fourth-order valence-corrected chi connectivity index (χ4v) is 2.09. The summed E-state index contributed by atoms with van der Waals surface area (Å²) in [5.41, 5.74) is 0.620. The molecule has 0 aliphatic heterocycles. The third-order valence-electron chi connectivity index (χ3n) is 1.82. The fraction of sp³-hybridized carbons (Fsp3) is 0. The number of aromatic nitrogens is 1. The van der Waals surface area contributed by atoms with Crippen molar-refractivity contribution in [1.29, 1.82) is 0 Å². The molecule has 1 aromatic heterocycles. The zero-order chi connectivity index (χ0) is 10.8. The van der Waals surface area contributed by atoms with Gasteiger partial charge in [0.15, 0.2) is 12.1 Å². The van der Waals surface area contributed by atoms with Crippen LogP contribution in [-0.2, 0) is 0 Å². The van der Waals surface area contributed by atoms with Gasteiger partial charge in [-0.1, -0.05) is 17.7 Å². The van der Waals surface area contributed by atoms with Crippen molar-refractivity contribution in [1.82, 2.24) is 4.98 Å². The predicted octanol–water partition coefficient (Wildman–Crippen LogP) is 3.42. The lowest BCUT2D eigenvalue weighted by molar-refractivity contribution is 0.111. The number of carbonyl (C=O) groups excluding carboxylic acids is 1. The summed E-state index contributed by atoms with van der Waals surface area (Å²) in [5.74, 6) is -0.508. The molecule has 0 aliphatic carbocycles. The molecule has 5 heteroatoms. The zero-order valence-electron chi connectivity index (χ0n) is 7.41. The molecular weight excluding hydrogens is 237 g/mol. The van der Waals surface area contributed by atoms with Gasteiger partial charge >= 0.3 is 0 Å². The Labute approximate surface area is 94.3 Å². The van der Waals surface area contributed by atoms with Crippen LogP contribution in [0.2, 0.25) is 5.02 Å². The first-order valence-corrected chi connectivity index (χ1v) is 5.33. The quantitative estimate of drug-likeness (QED) is 0.754. The lowest BCUT2D eigenvalue weighted by atomic mass is 10.2. The number of hydrogen-bond donors (Lipinski definition) is 0. The van der Waals surface area contributed by atoms with E-state index in [2.05, 4.69) is 4.98 Å². The second-order valence-electron chi connectivity index (χ2n) is 2.80. The van der Waals surface area contributed by atoms with Crippen molar-refractivity contribution in [3.63, 3.8) is 0 Å². The van der Waals surface area contributed by atoms with Crippen LogP contribution < -0.4 is 0 Å². The largest absolute Gasteiger partial charge is 0.296 e. The van der Waals surface area contributed by atoms with Gasteiger partial charge in [-0.25, -0.2) is 9.37 Å².